The van der Waals surface area contributed by atoms with E-state index in [-0.39, 0.29) is 11.8 Å². The van der Waals surface area contributed by atoms with E-state index in [1.54, 1.807) is 16.2 Å². The van der Waals surface area contributed by atoms with Gasteiger partial charge in [0.25, 0.3) is 5.91 Å². The quantitative estimate of drug-likeness (QED) is 0.655. The predicted molar refractivity (Wildman–Crippen MR) is 120 cm³/mol. The van der Waals surface area contributed by atoms with Crippen molar-refractivity contribution in [2.45, 2.75) is 32.2 Å². The van der Waals surface area contributed by atoms with Crippen molar-refractivity contribution >= 4 is 23.2 Å². The van der Waals surface area contributed by atoms with Gasteiger partial charge in [-0.2, -0.15) is 0 Å². The van der Waals surface area contributed by atoms with E-state index in [0.29, 0.717) is 31.5 Å². The number of amides is 2. The maximum absolute atomic E-state index is 13.0. The van der Waals surface area contributed by atoms with E-state index in [0.717, 1.165) is 28.2 Å². The minimum Gasteiger partial charge on any atom is -0.354 e. The highest BCUT2D eigenvalue weighted by Crippen LogP contribution is 2.24. The molecule has 1 aromatic heterocycles. The molecule has 1 saturated heterocycles. The lowest BCUT2D eigenvalue weighted by Gasteiger charge is -2.24. The van der Waals surface area contributed by atoms with Crippen LogP contribution >= 0.6 is 11.3 Å². The Kier molecular flexibility index (Phi) is 6.23. The standard InChI is InChI=1S/C24H25N3O2S/c1-17-8-5-6-11-20(17)24(29)27-15-7-12-21(27)22(28)25-14-13-19-16-30-23(26-19)18-9-3-2-4-10-18/h2-6,8-11,16,21H,7,12-15H2,1H3,(H,25,28)/t21-/m1/s1. The van der Waals surface area contributed by atoms with Crippen LogP contribution in [0.4, 0.5) is 0 Å². The molecular weight excluding hydrogens is 394 g/mol. The molecule has 30 heavy (non-hydrogen) atoms. The van der Waals surface area contributed by atoms with Crippen molar-refractivity contribution in [3.63, 3.8) is 0 Å². The van der Waals surface area contributed by atoms with E-state index in [4.69, 9.17) is 0 Å². The second-order valence-electron chi connectivity index (χ2n) is 7.52. The fourth-order valence-corrected chi connectivity index (χ4v) is 4.68. The summed E-state index contributed by atoms with van der Waals surface area (Å²) in [5.41, 5.74) is 3.69. The summed E-state index contributed by atoms with van der Waals surface area (Å²) >= 11 is 1.61. The number of nitrogens with one attached hydrogen (secondary N) is 1. The van der Waals surface area contributed by atoms with Crippen molar-refractivity contribution in [1.29, 1.82) is 0 Å². The lowest BCUT2D eigenvalue weighted by molar-refractivity contribution is -0.124. The summed E-state index contributed by atoms with van der Waals surface area (Å²) in [7, 11) is 0. The normalized spacial score (nSPS) is 15.9. The number of thiazole rings is 1. The first-order valence-corrected chi connectivity index (χ1v) is 11.2. The van der Waals surface area contributed by atoms with Gasteiger partial charge in [-0.15, -0.1) is 11.3 Å². The first-order valence-electron chi connectivity index (χ1n) is 10.3. The zero-order valence-corrected chi connectivity index (χ0v) is 17.8. The van der Waals surface area contributed by atoms with Gasteiger partial charge in [-0.3, -0.25) is 9.59 Å². The number of nitrogens with zero attached hydrogens (tertiary/aromatic N) is 2. The first kappa shape index (κ1) is 20.3. The average molecular weight is 420 g/mol. The molecular formula is C24H25N3O2S. The smallest absolute Gasteiger partial charge is 0.254 e. The summed E-state index contributed by atoms with van der Waals surface area (Å²) in [5.74, 6) is -0.134. The van der Waals surface area contributed by atoms with Crippen LogP contribution in [-0.4, -0.2) is 40.8 Å². The van der Waals surface area contributed by atoms with Gasteiger partial charge in [-0.25, -0.2) is 4.98 Å². The van der Waals surface area contributed by atoms with E-state index in [9.17, 15) is 9.59 Å². The number of hydrogen-bond donors (Lipinski definition) is 1. The summed E-state index contributed by atoms with van der Waals surface area (Å²) in [6, 6.07) is 17.2. The van der Waals surface area contributed by atoms with Gasteiger partial charge in [-0.1, -0.05) is 48.5 Å². The second kappa shape index (κ2) is 9.22. The lowest BCUT2D eigenvalue weighted by Crippen LogP contribution is -2.46. The monoisotopic (exact) mass is 419 g/mol. The summed E-state index contributed by atoms with van der Waals surface area (Å²) in [4.78, 5) is 32.1. The van der Waals surface area contributed by atoms with E-state index >= 15 is 0 Å². The minimum absolute atomic E-state index is 0.0576. The van der Waals surface area contributed by atoms with Crippen molar-refractivity contribution in [3.05, 3.63) is 76.8 Å². The molecule has 0 unspecified atom stereocenters. The molecule has 0 bridgehead atoms. The maximum atomic E-state index is 13.0. The van der Waals surface area contributed by atoms with Crippen LogP contribution in [0.5, 0.6) is 0 Å². The largest absolute Gasteiger partial charge is 0.354 e. The molecule has 2 heterocycles. The van der Waals surface area contributed by atoms with Crippen LogP contribution in [0.15, 0.2) is 60.0 Å². The summed E-state index contributed by atoms with van der Waals surface area (Å²) in [6.07, 6.45) is 2.23. The van der Waals surface area contributed by atoms with Gasteiger partial charge in [0.2, 0.25) is 5.91 Å². The Balaban J connectivity index is 1.33. The molecule has 5 nitrogen and oxygen atoms in total. The van der Waals surface area contributed by atoms with Crippen LogP contribution in [0.1, 0.15) is 34.5 Å². The minimum atomic E-state index is -0.396. The van der Waals surface area contributed by atoms with E-state index < -0.39 is 6.04 Å². The molecule has 0 aliphatic carbocycles. The van der Waals surface area contributed by atoms with Gasteiger partial charge in [0.15, 0.2) is 0 Å². The highest BCUT2D eigenvalue weighted by Gasteiger charge is 2.34. The number of likely N-dealkylation sites (tertiary alicyclic amines) is 1. The molecule has 2 amide bonds. The van der Waals surface area contributed by atoms with Crippen molar-refractivity contribution in [2.24, 2.45) is 0 Å². The number of benzene rings is 2. The first-order chi connectivity index (χ1) is 14.6. The maximum Gasteiger partial charge on any atom is 0.254 e. The third kappa shape index (κ3) is 4.44. The lowest BCUT2D eigenvalue weighted by atomic mass is 10.1. The molecule has 0 radical (unpaired) electrons. The van der Waals surface area contributed by atoms with Crippen LogP contribution in [0.3, 0.4) is 0 Å². The van der Waals surface area contributed by atoms with Crippen LogP contribution in [-0.2, 0) is 11.2 Å². The fraction of sp³-hybridized carbons (Fsp3) is 0.292. The highest BCUT2D eigenvalue weighted by molar-refractivity contribution is 7.13. The molecule has 1 atom stereocenters. The topological polar surface area (TPSA) is 62.3 Å². The molecule has 3 aromatic rings. The zero-order chi connectivity index (χ0) is 20.9. The summed E-state index contributed by atoms with van der Waals surface area (Å²) in [6.45, 7) is 3.06. The van der Waals surface area contributed by atoms with Crippen molar-refractivity contribution < 1.29 is 9.59 Å². The Bertz CT molecular complexity index is 1030. The van der Waals surface area contributed by atoms with Gasteiger partial charge in [0, 0.05) is 36.0 Å². The van der Waals surface area contributed by atoms with Crippen molar-refractivity contribution in [1.82, 2.24) is 15.2 Å². The van der Waals surface area contributed by atoms with Gasteiger partial charge in [-0.05, 0) is 31.4 Å². The Hall–Kier alpha value is -2.99. The Morgan fingerprint density at radius 2 is 1.90 bits per heavy atom. The zero-order valence-electron chi connectivity index (χ0n) is 17.0. The second-order valence-corrected chi connectivity index (χ2v) is 8.38. The number of carbonyl (C=O) groups is 2. The molecule has 0 spiro atoms. The van der Waals surface area contributed by atoms with E-state index in [1.165, 1.54) is 0 Å². The molecule has 1 aliphatic heterocycles. The molecule has 0 saturated carbocycles. The summed E-state index contributed by atoms with van der Waals surface area (Å²) in [5, 5.41) is 6.03. The third-order valence-corrected chi connectivity index (χ3v) is 6.38. The van der Waals surface area contributed by atoms with Gasteiger partial charge in [0.1, 0.15) is 11.0 Å². The van der Waals surface area contributed by atoms with Gasteiger partial charge in [0.05, 0.1) is 5.69 Å². The third-order valence-electron chi connectivity index (χ3n) is 5.44. The Labute approximate surface area is 180 Å². The molecule has 6 heteroatoms. The van der Waals surface area contributed by atoms with Gasteiger partial charge >= 0.3 is 0 Å². The van der Waals surface area contributed by atoms with Crippen molar-refractivity contribution in [3.8, 4) is 10.6 Å². The van der Waals surface area contributed by atoms with Crippen LogP contribution in [0, 0.1) is 6.92 Å². The van der Waals surface area contributed by atoms with Gasteiger partial charge < -0.3 is 10.2 Å². The molecule has 1 aliphatic rings. The number of carbonyl (C=O) groups excluding carboxylic acids is 2. The summed E-state index contributed by atoms with van der Waals surface area (Å²) < 4.78 is 0. The number of rotatable bonds is 6. The van der Waals surface area contributed by atoms with E-state index in [1.807, 2.05) is 66.9 Å². The molecule has 154 valence electrons. The van der Waals surface area contributed by atoms with Crippen LogP contribution in [0.2, 0.25) is 0 Å². The molecule has 1 N–H and O–H groups in total. The highest BCUT2D eigenvalue weighted by atomic mass is 32.1. The number of hydrogen-bond acceptors (Lipinski definition) is 4. The van der Waals surface area contributed by atoms with Crippen molar-refractivity contribution in [2.75, 3.05) is 13.1 Å². The molecule has 2 aromatic carbocycles. The molecule has 4 rings (SSSR count). The Morgan fingerprint density at radius 3 is 2.70 bits per heavy atom. The Morgan fingerprint density at radius 1 is 1.13 bits per heavy atom. The number of aromatic nitrogens is 1. The fourth-order valence-electron chi connectivity index (χ4n) is 3.82. The SMILES string of the molecule is Cc1ccccc1C(=O)N1CCC[C@@H]1C(=O)NCCc1csc(-c2ccccc2)n1. The number of aryl methyl sites for hydroxylation is 1. The van der Waals surface area contributed by atoms with Crippen LogP contribution in [0.25, 0.3) is 10.6 Å². The van der Waals surface area contributed by atoms with Crippen LogP contribution < -0.4 is 5.32 Å². The molecule has 1 fully saturated rings. The average Bonchev–Trinajstić information content (AvgIpc) is 3.44. The van der Waals surface area contributed by atoms with E-state index in [2.05, 4.69) is 10.3 Å². The predicted octanol–water partition coefficient (Wildman–Crippen LogP) is 4.08.